The van der Waals surface area contributed by atoms with Crippen LogP contribution in [0.15, 0.2) is 40.2 Å². The number of fused-ring (bicyclic) bond motifs is 1. The molecule has 0 aliphatic carbocycles. The third-order valence-electron chi connectivity index (χ3n) is 5.22. The van der Waals surface area contributed by atoms with Crippen LogP contribution < -0.4 is 16.0 Å². The number of ether oxygens (including phenoxy) is 1. The molecule has 3 aromatic heterocycles. The van der Waals surface area contributed by atoms with Gasteiger partial charge < -0.3 is 9.84 Å². The average molecular weight is 548 g/mol. The maximum absolute atomic E-state index is 13.9. The van der Waals surface area contributed by atoms with Crippen molar-refractivity contribution in [2.75, 3.05) is 7.11 Å². The molecule has 11 nitrogen and oxygen atoms in total. The zero-order valence-corrected chi connectivity index (χ0v) is 23.0. The van der Waals surface area contributed by atoms with Crippen molar-refractivity contribution in [2.24, 2.45) is 0 Å². The first-order valence-corrected chi connectivity index (χ1v) is 12.4. The molecule has 1 aromatic carbocycles. The summed E-state index contributed by atoms with van der Waals surface area (Å²) in [5.74, 6) is -0.937. The Morgan fingerprint density at radius 1 is 1.18 bits per heavy atom. The van der Waals surface area contributed by atoms with Crippen LogP contribution in [0.1, 0.15) is 50.5 Å². The molecule has 0 radical (unpaired) electrons. The summed E-state index contributed by atoms with van der Waals surface area (Å²) < 4.78 is 21.4. The topological polar surface area (TPSA) is 138 Å². The minimum Gasteiger partial charge on any atom is -0.496 e. The van der Waals surface area contributed by atoms with Gasteiger partial charge in [0.25, 0.3) is 12.0 Å². The van der Waals surface area contributed by atoms with Crippen molar-refractivity contribution in [1.82, 2.24) is 24.1 Å². The molecule has 0 unspecified atom stereocenters. The molecule has 0 saturated carbocycles. The van der Waals surface area contributed by atoms with Crippen LogP contribution in [0.3, 0.4) is 0 Å². The lowest BCUT2D eigenvalue weighted by molar-refractivity contribution is -0.122. The minimum atomic E-state index is -0.845. The van der Waals surface area contributed by atoms with Crippen LogP contribution >= 0.6 is 11.3 Å². The molecule has 204 valence electrons. The highest BCUT2D eigenvalue weighted by atomic mass is 32.1. The van der Waals surface area contributed by atoms with Gasteiger partial charge in [-0.15, -0.1) is 4.80 Å². The van der Waals surface area contributed by atoms with Crippen molar-refractivity contribution in [3.63, 3.8) is 0 Å². The van der Waals surface area contributed by atoms with E-state index in [0.29, 0.717) is 20.8 Å². The number of aromatic nitrogens is 5. The zero-order valence-electron chi connectivity index (χ0n) is 22.2. The Bertz CT molecular complexity index is 1550. The molecule has 0 aliphatic heterocycles. The van der Waals surface area contributed by atoms with Gasteiger partial charge in [-0.05, 0) is 45.9 Å². The molecule has 13 heteroatoms. The van der Waals surface area contributed by atoms with Gasteiger partial charge in [0.2, 0.25) is 0 Å². The van der Waals surface area contributed by atoms with Gasteiger partial charge in [-0.2, -0.15) is 10.2 Å². The van der Waals surface area contributed by atoms with Crippen LogP contribution in [0.25, 0.3) is 15.2 Å². The predicted molar refractivity (Wildman–Crippen MR) is 142 cm³/mol. The Balaban J connectivity index is 0.000000947. The highest BCUT2D eigenvalue weighted by Gasteiger charge is 2.28. The number of hydrogen-bond acceptors (Lipinski definition) is 8. The molecule has 0 amide bonds. The molecule has 0 spiro atoms. The second kappa shape index (κ2) is 12.4. The molecule has 4 rings (SSSR count). The van der Waals surface area contributed by atoms with Crippen LogP contribution in [0.2, 0.25) is 0 Å². The number of carboxylic acid groups (broad SMARTS) is 1. The summed E-state index contributed by atoms with van der Waals surface area (Å²) >= 11 is 1.14. The fourth-order valence-corrected chi connectivity index (χ4v) is 4.91. The number of carbonyl (C=O) groups is 2. The third kappa shape index (κ3) is 5.88. The summed E-state index contributed by atoms with van der Waals surface area (Å²) in [5.41, 5.74) is -1.33. The SMILES string of the molecule is CC.COc1ccc(F)cc1C(=O)Cn1c(=O)n(C(C)(C)C)c(=O)c2c(C)c(-n3nccn3)sc21.O=CO. The lowest BCUT2D eigenvalue weighted by Crippen LogP contribution is -2.48. The van der Waals surface area contributed by atoms with Crippen molar-refractivity contribution < 1.29 is 23.8 Å². The van der Waals surface area contributed by atoms with Crippen molar-refractivity contribution in [2.45, 2.75) is 53.6 Å². The van der Waals surface area contributed by atoms with Gasteiger partial charge in [0.15, 0.2) is 5.78 Å². The summed E-state index contributed by atoms with van der Waals surface area (Å²) in [6.07, 6.45) is 3.01. The Morgan fingerprint density at radius 3 is 2.29 bits per heavy atom. The summed E-state index contributed by atoms with van der Waals surface area (Å²) in [7, 11) is 1.38. The Hall–Kier alpha value is -4.13. The van der Waals surface area contributed by atoms with Crippen molar-refractivity contribution in [1.29, 1.82) is 0 Å². The molecule has 0 fully saturated rings. The molecule has 3 heterocycles. The predicted octanol–water partition coefficient (Wildman–Crippen LogP) is 3.63. The molecule has 4 aromatic rings. The Kier molecular flexibility index (Phi) is 9.83. The van der Waals surface area contributed by atoms with E-state index in [9.17, 15) is 18.8 Å². The molecule has 0 bridgehead atoms. The summed E-state index contributed by atoms with van der Waals surface area (Å²) in [6.45, 7) is 10.3. The highest BCUT2D eigenvalue weighted by molar-refractivity contribution is 7.21. The van der Waals surface area contributed by atoms with Gasteiger partial charge in [-0.25, -0.2) is 9.18 Å². The smallest absolute Gasteiger partial charge is 0.333 e. The number of rotatable bonds is 5. The molecule has 0 atom stereocenters. The minimum absolute atomic E-state index is 0.00769. The van der Waals surface area contributed by atoms with E-state index in [1.165, 1.54) is 41.0 Å². The van der Waals surface area contributed by atoms with E-state index in [4.69, 9.17) is 14.6 Å². The van der Waals surface area contributed by atoms with E-state index in [1.807, 2.05) is 13.8 Å². The number of aryl methyl sites for hydroxylation is 1. The van der Waals surface area contributed by atoms with Crippen molar-refractivity contribution in [3.05, 3.63) is 68.4 Å². The summed E-state index contributed by atoms with van der Waals surface area (Å²) in [6, 6.07) is 3.61. The van der Waals surface area contributed by atoms with Gasteiger partial charge in [0.05, 0.1) is 37.0 Å². The number of benzene rings is 1. The van der Waals surface area contributed by atoms with Gasteiger partial charge in [-0.1, -0.05) is 25.2 Å². The number of carbonyl (C=O) groups excluding carboxylic acids is 1. The lowest BCUT2D eigenvalue weighted by atomic mass is 10.1. The van der Waals surface area contributed by atoms with Crippen LogP contribution in [0, 0.1) is 12.7 Å². The molecule has 1 N–H and O–H groups in total. The number of ketones is 1. The number of nitrogens with zero attached hydrogens (tertiary/aromatic N) is 5. The van der Waals surface area contributed by atoms with Crippen molar-refractivity contribution >= 4 is 33.8 Å². The van der Waals surface area contributed by atoms with Crippen LogP contribution in [-0.2, 0) is 16.9 Å². The van der Waals surface area contributed by atoms with Crippen LogP contribution in [-0.4, -0.2) is 48.6 Å². The maximum atomic E-state index is 13.9. The Morgan fingerprint density at radius 2 is 1.76 bits per heavy atom. The Labute approximate surface area is 221 Å². The molecule has 0 saturated heterocycles. The number of halogens is 1. The molecular weight excluding hydrogens is 517 g/mol. The molecular formula is C25H30FN5O6S. The van der Waals surface area contributed by atoms with Gasteiger partial charge in [0, 0.05) is 11.1 Å². The molecule has 0 aliphatic rings. The van der Waals surface area contributed by atoms with Crippen molar-refractivity contribution in [3.8, 4) is 10.8 Å². The second-order valence-electron chi connectivity index (χ2n) is 8.58. The first kappa shape index (κ1) is 30.1. The fourth-order valence-electron chi connectivity index (χ4n) is 3.70. The van der Waals surface area contributed by atoms with E-state index in [2.05, 4.69) is 10.2 Å². The first-order valence-electron chi connectivity index (χ1n) is 11.6. The van der Waals surface area contributed by atoms with E-state index in [0.717, 1.165) is 22.0 Å². The van der Waals surface area contributed by atoms with Crippen LogP contribution in [0.4, 0.5) is 4.39 Å². The van der Waals surface area contributed by atoms with E-state index < -0.39 is 34.9 Å². The quantitative estimate of drug-likeness (QED) is 0.295. The fraction of sp³-hybridized carbons (Fsp3) is 0.360. The van der Waals surface area contributed by atoms with E-state index in [-0.39, 0.29) is 17.8 Å². The van der Waals surface area contributed by atoms with Gasteiger partial charge in [0.1, 0.15) is 21.4 Å². The number of thiophene rings is 1. The van der Waals surface area contributed by atoms with E-state index in [1.54, 1.807) is 27.7 Å². The number of hydrogen-bond donors (Lipinski definition) is 1. The molecule has 38 heavy (non-hydrogen) atoms. The van der Waals surface area contributed by atoms with E-state index >= 15 is 0 Å². The van der Waals surface area contributed by atoms with Gasteiger partial charge >= 0.3 is 5.69 Å². The maximum Gasteiger partial charge on any atom is 0.333 e. The lowest BCUT2D eigenvalue weighted by Gasteiger charge is -2.23. The average Bonchev–Trinajstić information content (AvgIpc) is 3.50. The summed E-state index contributed by atoms with van der Waals surface area (Å²) in [4.78, 5) is 50.1. The van der Waals surface area contributed by atoms with Gasteiger partial charge in [-0.3, -0.25) is 23.5 Å². The standard InChI is InChI=1S/C22H22FN5O4S.C2H6.CH2O2/c1-12-17-18(30)27(22(2,3)4)21(31)26(20(17)33-19(12)28-24-8-9-25-28)11-15(29)14-10-13(23)6-7-16(14)32-5;1-2;2-1-3/h6-10H,11H2,1-5H3;1-2H3;1H,(H,2,3). The largest absolute Gasteiger partial charge is 0.496 e. The van der Waals surface area contributed by atoms with Crippen LogP contribution in [0.5, 0.6) is 5.75 Å². The third-order valence-corrected chi connectivity index (χ3v) is 6.50. The monoisotopic (exact) mass is 547 g/mol. The summed E-state index contributed by atoms with van der Waals surface area (Å²) in [5, 5.41) is 16.0. The highest BCUT2D eigenvalue weighted by Crippen LogP contribution is 2.31. The first-order chi connectivity index (χ1) is 18.0. The number of Topliss-reactive ketones (excluding diaryl/α,β-unsaturated/α-hetero) is 1. The number of methoxy groups -OCH3 is 1. The normalized spacial score (nSPS) is 10.7. The zero-order chi connectivity index (χ0) is 28.8. The second-order valence-corrected chi connectivity index (χ2v) is 9.56.